The van der Waals surface area contributed by atoms with Crippen molar-refractivity contribution in [2.24, 2.45) is 5.73 Å². The molecule has 104 valence electrons. The minimum atomic E-state index is -0.607. The van der Waals surface area contributed by atoms with E-state index in [0.717, 1.165) is 23.5 Å². The van der Waals surface area contributed by atoms with Crippen molar-refractivity contribution in [2.45, 2.75) is 25.4 Å². The highest BCUT2D eigenvalue weighted by Gasteiger charge is 2.11. The van der Waals surface area contributed by atoms with Gasteiger partial charge in [-0.15, -0.1) is 0 Å². The monoisotopic (exact) mass is 269 g/mol. The fourth-order valence-corrected chi connectivity index (χ4v) is 2.64. The molecule has 3 nitrogen and oxygen atoms in total. The molecule has 0 fully saturated rings. The van der Waals surface area contributed by atoms with Crippen LogP contribution in [0.4, 0.5) is 0 Å². The van der Waals surface area contributed by atoms with Crippen LogP contribution in [-0.2, 0) is 12.8 Å². The number of rotatable bonds is 4. The summed E-state index contributed by atoms with van der Waals surface area (Å²) in [5.74, 6) is 1.65. The van der Waals surface area contributed by atoms with Crippen molar-refractivity contribution in [1.29, 1.82) is 0 Å². The summed E-state index contributed by atoms with van der Waals surface area (Å²) in [6.45, 7) is 0.227. The molecule has 0 bridgehead atoms. The molecule has 1 atom stereocenters. The lowest BCUT2D eigenvalue weighted by Gasteiger charge is -2.10. The number of aryl methyl sites for hydroxylation is 2. The number of hydrogen-bond donors (Lipinski definition) is 2. The van der Waals surface area contributed by atoms with Crippen LogP contribution in [0.3, 0.4) is 0 Å². The number of fused-ring (bicyclic) bond motifs is 1. The second-order valence-electron chi connectivity index (χ2n) is 5.21. The predicted molar refractivity (Wildman–Crippen MR) is 79.0 cm³/mol. The second kappa shape index (κ2) is 5.65. The Hall–Kier alpha value is -1.84. The average Bonchev–Trinajstić information content (AvgIpc) is 2.95. The lowest BCUT2D eigenvalue weighted by atomic mass is 10.1. The Kier molecular flexibility index (Phi) is 3.72. The summed E-state index contributed by atoms with van der Waals surface area (Å²) in [4.78, 5) is 0. The van der Waals surface area contributed by atoms with Crippen molar-refractivity contribution in [3.05, 3.63) is 59.2 Å². The van der Waals surface area contributed by atoms with Gasteiger partial charge in [-0.25, -0.2) is 0 Å². The molecule has 3 heteroatoms. The molecule has 0 saturated carbocycles. The minimum Gasteiger partial charge on any atom is -0.457 e. The van der Waals surface area contributed by atoms with Crippen molar-refractivity contribution in [3.8, 4) is 11.5 Å². The lowest BCUT2D eigenvalue weighted by molar-refractivity contribution is 0.186. The number of ether oxygens (including phenoxy) is 1. The smallest absolute Gasteiger partial charge is 0.127 e. The molecule has 20 heavy (non-hydrogen) atoms. The van der Waals surface area contributed by atoms with Crippen LogP contribution in [-0.4, -0.2) is 11.7 Å². The Morgan fingerprint density at radius 1 is 1.00 bits per heavy atom. The normalized spacial score (nSPS) is 14.9. The number of aliphatic hydroxyl groups is 1. The van der Waals surface area contributed by atoms with Crippen LogP contribution in [0.2, 0.25) is 0 Å². The van der Waals surface area contributed by atoms with Crippen molar-refractivity contribution in [2.75, 3.05) is 6.54 Å². The van der Waals surface area contributed by atoms with Crippen molar-refractivity contribution in [3.63, 3.8) is 0 Å². The van der Waals surface area contributed by atoms with Gasteiger partial charge < -0.3 is 15.6 Å². The highest BCUT2D eigenvalue weighted by atomic mass is 16.5. The Morgan fingerprint density at radius 3 is 2.45 bits per heavy atom. The Morgan fingerprint density at radius 2 is 1.70 bits per heavy atom. The average molecular weight is 269 g/mol. The molecule has 1 aliphatic carbocycles. The summed E-state index contributed by atoms with van der Waals surface area (Å²) in [6, 6.07) is 13.7. The van der Waals surface area contributed by atoms with E-state index in [2.05, 4.69) is 12.1 Å². The zero-order chi connectivity index (χ0) is 13.9. The van der Waals surface area contributed by atoms with E-state index in [1.54, 1.807) is 0 Å². The Bertz CT molecular complexity index is 592. The molecular formula is C17H19NO2. The third kappa shape index (κ3) is 2.69. The van der Waals surface area contributed by atoms with Crippen LogP contribution >= 0.6 is 0 Å². The van der Waals surface area contributed by atoms with Gasteiger partial charge in [0.05, 0.1) is 6.10 Å². The van der Waals surface area contributed by atoms with Gasteiger partial charge in [0.2, 0.25) is 0 Å². The number of hydrogen-bond acceptors (Lipinski definition) is 3. The quantitative estimate of drug-likeness (QED) is 0.897. The summed E-state index contributed by atoms with van der Waals surface area (Å²) < 4.78 is 5.86. The first-order valence-electron chi connectivity index (χ1n) is 7.04. The molecule has 3 N–H and O–H groups in total. The van der Waals surface area contributed by atoms with Crippen LogP contribution in [0.25, 0.3) is 0 Å². The maximum atomic E-state index is 9.65. The van der Waals surface area contributed by atoms with E-state index in [4.69, 9.17) is 10.5 Å². The van der Waals surface area contributed by atoms with Crippen LogP contribution in [0.5, 0.6) is 11.5 Å². The lowest BCUT2D eigenvalue weighted by Crippen LogP contribution is -2.11. The van der Waals surface area contributed by atoms with Gasteiger partial charge in [0.15, 0.2) is 0 Å². The van der Waals surface area contributed by atoms with E-state index in [-0.39, 0.29) is 6.54 Å². The van der Waals surface area contributed by atoms with Gasteiger partial charge in [-0.1, -0.05) is 18.2 Å². The molecule has 1 aliphatic rings. The topological polar surface area (TPSA) is 55.5 Å². The summed E-state index contributed by atoms with van der Waals surface area (Å²) in [5.41, 5.74) is 9.09. The van der Waals surface area contributed by atoms with E-state index in [1.165, 1.54) is 24.0 Å². The first kappa shape index (κ1) is 13.2. The highest BCUT2D eigenvalue weighted by molar-refractivity contribution is 5.41. The summed E-state index contributed by atoms with van der Waals surface area (Å²) in [5, 5.41) is 9.65. The first-order chi connectivity index (χ1) is 9.76. The molecule has 0 radical (unpaired) electrons. The van der Waals surface area contributed by atoms with Gasteiger partial charge in [0, 0.05) is 6.54 Å². The first-order valence-corrected chi connectivity index (χ1v) is 7.04. The van der Waals surface area contributed by atoms with E-state index >= 15 is 0 Å². The summed E-state index contributed by atoms with van der Waals surface area (Å²) >= 11 is 0. The minimum absolute atomic E-state index is 0.227. The summed E-state index contributed by atoms with van der Waals surface area (Å²) in [6.07, 6.45) is 2.96. The van der Waals surface area contributed by atoms with Gasteiger partial charge in [-0.05, 0) is 60.2 Å². The van der Waals surface area contributed by atoms with E-state index in [0.29, 0.717) is 0 Å². The van der Waals surface area contributed by atoms with Gasteiger partial charge in [-0.3, -0.25) is 0 Å². The number of nitrogens with two attached hydrogens (primary N) is 1. The molecular weight excluding hydrogens is 250 g/mol. The predicted octanol–water partition coefficient (Wildman–Crippen LogP) is 2.96. The molecule has 2 aromatic rings. The third-order valence-electron chi connectivity index (χ3n) is 3.79. The standard InChI is InChI=1S/C17H19NO2/c18-11-17(19)13-5-7-15(8-6-13)20-16-9-4-12-2-1-3-14(12)10-16/h4-10,17,19H,1-3,11,18H2. The van der Waals surface area contributed by atoms with Gasteiger partial charge >= 0.3 is 0 Å². The molecule has 0 saturated heterocycles. The van der Waals surface area contributed by atoms with Crippen LogP contribution < -0.4 is 10.5 Å². The van der Waals surface area contributed by atoms with Gasteiger partial charge in [0.25, 0.3) is 0 Å². The molecule has 0 amide bonds. The number of benzene rings is 2. The maximum Gasteiger partial charge on any atom is 0.127 e. The van der Waals surface area contributed by atoms with Crippen LogP contribution in [0, 0.1) is 0 Å². The second-order valence-corrected chi connectivity index (χ2v) is 5.21. The summed E-state index contributed by atoms with van der Waals surface area (Å²) in [7, 11) is 0. The molecule has 0 aliphatic heterocycles. The largest absolute Gasteiger partial charge is 0.457 e. The zero-order valence-electron chi connectivity index (χ0n) is 11.4. The van der Waals surface area contributed by atoms with E-state index in [9.17, 15) is 5.11 Å². The fourth-order valence-electron chi connectivity index (χ4n) is 2.64. The molecule has 0 heterocycles. The van der Waals surface area contributed by atoms with E-state index < -0.39 is 6.10 Å². The van der Waals surface area contributed by atoms with E-state index in [1.807, 2.05) is 30.3 Å². The third-order valence-corrected chi connectivity index (χ3v) is 3.79. The molecule has 0 aromatic heterocycles. The van der Waals surface area contributed by atoms with Crippen LogP contribution in [0.1, 0.15) is 29.2 Å². The molecule has 0 spiro atoms. The fraction of sp³-hybridized carbons (Fsp3) is 0.294. The maximum absolute atomic E-state index is 9.65. The van der Waals surface area contributed by atoms with Crippen molar-refractivity contribution in [1.82, 2.24) is 0 Å². The van der Waals surface area contributed by atoms with Gasteiger partial charge in [-0.2, -0.15) is 0 Å². The number of aliphatic hydroxyl groups excluding tert-OH is 1. The highest BCUT2D eigenvalue weighted by Crippen LogP contribution is 2.29. The molecule has 2 aromatic carbocycles. The Labute approximate surface area is 119 Å². The van der Waals surface area contributed by atoms with Gasteiger partial charge in [0.1, 0.15) is 11.5 Å². The van der Waals surface area contributed by atoms with Crippen molar-refractivity contribution >= 4 is 0 Å². The molecule has 1 unspecified atom stereocenters. The van der Waals surface area contributed by atoms with Crippen LogP contribution in [0.15, 0.2) is 42.5 Å². The zero-order valence-corrected chi connectivity index (χ0v) is 11.4. The van der Waals surface area contributed by atoms with Crippen molar-refractivity contribution < 1.29 is 9.84 Å². The Balaban J connectivity index is 1.74. The SMILES string of the molecule is NCC(O)c1ccc(Oc2ccc3c(c2)CCC3)cc1. The molecule has 3 rings (SSSR count).